The first-order valence-corrected chi connectivity index (χ1v) is 6.86. The fraction of sp³-hybridized carbons (Fsp3) is 0.600. The van der Waals surface area contributed by atoms with Gasteiger partial charge in [0.25, 0.3) is 0 Å². The van der Waals surface area contributed by atoms with Crippen LogP contribution in [0.3, 0.4) is 0 Å². The first-order valence-electron chi connectivity index (χ1n) is 6.86. The molecule has 0 heterocycles. The summed E-state index contributed by atoms with van der Waals surface area (Å²) in [6.07, 6.45) is 2.25. The fourth-order valence-corrected chi connectivity index (χ4v) is 2.51. The maximum absolute atomic E-state index is 13.0. The molecule has 0 bridgehead atoms. The van der Waals surface area contributed by atoms with Gasteiger partial charge < -0.3 is 15.2 Å². The maximum atomic E-state index is 13.0. The molecule has 1 aliphatic carbocycles. The smallest absolute Gasteiger partial charge is 0.123 e. The molecule has 0 spiro atoms. The zero-order chi connectivity index (χ0) is 13.9. The summed E-state index contributed by atoms with van der Waals surface area (Å²) in [7, 11) is 0. The van der Waals surface area contributed by atoms with Crippen LogP contribution in [-0.4, -0.2) is 30.4 Å². The van der Waals surface area contributed by atoms with Gasteiger partial charge in [-0.2, -0.15) is 0 Å². The Morgan fingerprint density at radius 1 is 1.47 bits per heavy atom. The molecule has 0 amide bonds. The van der Waals surface area contributed by atoms with E-state index in [0.717, 1.165) is 24.9 Å². The van der Waals surface area contributed by atoms with Crippen molar-refractivity contribution in [1.29, 1.82) is 0 Å². The highest BCUT2D eigenvalue weighted by Crippen LogP contribution is 2.40. The highest BCUT2D eigenvalue weighted by molar-refractivity contribution is 5.32. The van der Waals surface area contributed by atoms with E-state index >= 15 is 0 Å². The van der Waals surface area contributed by atoms with Gasteiger partial charge in [-0.25, -0.2) is 4.39 Å². The van der Waals surface area contributed by atoms with E-state index in [1.165, 1.54) is 12.1 Å². The molecule has 2 rings (SSSR count). The Bertz CT molecular complexity index is 434. The third-order valence-electron chi connectivity index (χ3n) is 3.79. The first kappa shape index (κ1) is 14.3. The molecule has 0 saturated heterocycles. The van der Waals surface area contributed by atoms with Crippen molar-refractivity contribution < 1.29 is 14.2 Å². The SMILES string of the molecule is CCNC(CO)(COc1ccc(F)cc1C)C1CC1. The van der Waals surface area contributed by atoms with Crippen molar-refractivity contribution in [3.8, 4) is 5.75 Å². The first-order chi connectivity index (χ1) is 9.11. The maximum Gasteiger partial charge on any atom is 0.123 e. The summed E-state index contributed by atoms with van der Waals surface area (Å²) < 4.78 is 18.9. The molecule has 1 atom stereocenters. The molecular weight excluding hydrogens is 245 g/mol. The zero-order valence-electron chi connectivity index (χ0n) is 11.6. The summed E-state index contributed by atoms with van der Waals surface area (Å²) in [6.45, 7) is 5.11. The number of aliphatic hydroxyl groups is 1. The van der Waals surface area contributed by atoms with Gasteiger partial charge in [-0.05, 0) is 56.0 Å². The van der Waals surface area contributed by atoms with Crippen LogP contribution in [0.25, 0.3) is 0 Å². The third kappa shape index (κ3) is 3.25. The summed E-state index contributed by atoms with van der Waals surface area (Å²) in [5.74, 6) is 0.892. The Labute approximate surface area is 113 Å². The molecular formula is C15H22FNO2. The monoisotopic (exact) mass is 267 g/mol. The van der Waals surface area contributed by atoms with Gasteiger partial charge in [-0.1, -0.05) is 6.92 Å². The van der Waals surface area contributed by atoms with E-state index < -0.39 is 0 Å². The number of rotatable bonds is 7. The minimum absolute atomic E-state index is 0.0613. The van der Waals surface area contributed by atoms with Gasteiger partial charge in [-0.3, -0.25) is 0 Å². The molecule has 2 N–H and O–H groups in total. The molecule has 106 valence electrons. The fourth-order valence-electron chi connectivity index (χ4n) is 2.51. The van der Waals surface area contributed by atoms with Crippen LogP contribution in [-0.2, 0) is 0 Å². The van der Waals surface area contributed by atoms with Gasteiger partial charge in [0, 0.05) is 0 Å². The van der Waals surface area contributed by atoms with Crippen LogP contribution in [0.15, 0.2) is 18.2 Å². The number of ether oxygens (including phenoxy) is 1. The Morgan fingerprint density at radius 2 is 2.21 bits per heavy atom. The second-order valence-electron chi connectivity index (χ2n) is 5.32. The Balaban J connectivity index is 2.05. The molecule has 0 aliphatic heterocycles. The van der Waals surface area contributed by atoms with Crippen molar-refractivity contribution in [3.63, 3.8) is 0 Å². The van der Waals surface area contributed by atoms with Crippen LogP contribution in [0.1, 0.15) is 25.3 Å². The van der Waals surface area contributed by atoms with Crippen molar-refractivity contribution in [2.75, 3.05) is 19.8 Å². The van der Waals surface area contributed by atoms with Gasteiger partial charge in [0.1, 0.15) is 18.2 Å². The number of halogens is 1. The predicted molar refractivity (Wildman–Crippen MR) is 72.8 cm³/mol. The standard InChI is InChI=1S/C15H22FNO2/c1-3-17-15(9-18,12-4-5-12)10-19-14-7-6-13(16)8-11(14)2/h6-8,12,17-18H,3-5,9-10H2,1-2H3. The van der Waals surface area contributed by atoms with Crippen LogP contribution in [0.4, 0.5) is 4.39 Å². The van der Waals surface area contributed by atoms with Crippen LogP contribution in [0, 0.1) is 18.7 Å². The van der Waals surface area contributed by atoms with Crippen molar-refractivity contribution in [1.82, 2.24) is 5.32 Å². The minimum Gasteiger partial charge on any atom is -0.491 e. The Morgan fingerprint density at radius 3 is 2.74 bits per heavy atom. The van der Waals surface area contributed by atoms with Crippen molar-refractivity contribution in [2.45, 2.75) is 32.2 Å². The van der Waals surface area contributed by atoms with E-state index in [2.05, 4.69) is 5.32 Å². The number of benzene rings is 1. The summed E-state index contributed by atoms with van der Waals surface area (Å²) in [5, 5.41) is 13.1. The van der Waals surface area contributed by atoms with E-state index in [9.17, 15) is 9.50 Å². The van der Waals surface area contributed by atoms with E-state index in [-0.39, 0.29) is 18.0 Å². The number of hydrogen-bond acceptors (Lipinski definition) is 3. The number of aryl methyl sites for hydroxylation is 1. The summed E-state index contributed by atoms with van der Waals surface area (Å²) in [5.41, 5.74) is 0.411. The molecule has 1 aliphatic rings. The molecule has 1 unspecified atom stereocenters. The molecule has 1 aromatic rings. The molecule has 0 radical (unpaired) electrons. The third-order valence-corrected chi connectivity index (χ3v) is 3.79. The molecule has 1 saturated carbocycles. The summed E-state index contributed by atoms with van der Waals surface area (Å²) in [4.78, 5) is 0. The average Bonchev–Trinajstić information content (AvgIpc) is 3.21. The Kier molecular flexibility index (Phi) is 4.42. The lowest BCUT2D eigenvalue weighted by molar-refractivity contribution is 0.0860. The lowest BCUT2D eigenvalue weighted by Gasteiger charge is -2.33. The largest absolute Gasteiger partial charge is 0.491 e. The number of aliphatic hydroxyl groups excluding tert-OH is 1. The molecule has 19 heavy (non-hydrogen) atoms. The molecule has 1 aromatic carbocycles. The summed E-state index contributed by atoms with van der Waals surface area (Å²) in [6, 6.07) is 4.50. The van der Waals surface area contributed by atoms with E-state index in [4.69, 9.17) is 4.74 Å². The zero-order valence-corrected chi connectivity index (χ0v) is 11.6. The topological polar surface area (TPSA) is 41.5 Å². The Hall–Kier alpha value is -1.13. The predicted octanol–water partition coefficient (Wildman–Crippen LogP) is 2.26. The van der Waals surface area contributed by atoms with Crippen LogP contribution < -0.4 is 10.1 Å². The van der Waals surface area contributed by atoms with Gasteiger partial charge in [0.15, 0.2) is 0 Å². The van der Waals surface area contributed by atoms with Crippen molar-refractivity contribution in [2.24, 2.45) is 5.92 Å². The summed E-state index contributed by atoms with van der Waals surface area (Å²) >= 11 is 0. The van der Waals surface area contributed by atoms with Crippen LogP contribution in [0.5, 0.6) is 5.75 Å². The van der Waals surface area contributed by atoms with Crippen LogP contribution >= 0.6 is 0 Å². The van der Waals surface area contributed by atoms with E-state index in [0.29, 0.717) is 18.3 Å². The van der Waals surface area contributed by atoms with Gasteiger partial charge >= 0.3 is 0 Å². The lowest BCUT2D eigenvalue weighted by Crippen LogP contribution is -2.55. The molecule has 0 aromatic heterocycles. The number of nitrogens with one attached hydrogen (secondary N) is 1. The molecule has 4 heteroatoms. The van der Waals surface area contributed by atoms with Crippen molar-refractivity contribution in [3.05, 3.63) is 29.6 Å². The molecule has 3 nitrogen and oxygen atoms in total. The second kappa shape index (κ2) is 5.88. The highest BCUT2D eigenvalue weighted by Gasteiger charge is 2.45. The normalized spacial score (nSPS) is 18.1. The second-order valence-corrected chi connectivity index (χ2v) is 5.32. The highest BCUT2D eigenvalue weighted by atomic mass is 19.1. The van der Waals surface area contributed by atoms with Crippen LogP contribution in [0.2, 0.25) is 0 Å². The number of likely N-dealkylation sites (N-methyl/N-ethyl adjacent to an activating group) is 1. The van der Waals surface area contributed by atoms with E-state index in [1.54, 1.807) is 6.07 Å². The minimum atomic E-state index is -0.365. The van der Waals surface area contributed by atoms with Gasteiger partial charge in [0.2, 0.25) is 0 Å². The van der Waals surface area contributed by atoms with E-state index in [1.807, 2.05) is 13.8 Å². The molecule has 1 fully saturated rings. The van der Waals surface area contributed by atoms with Gasteiger partial charge in [-0.15, -0.1) is 0 Å². The lowest BCUT2D eigenvalue weighted by atomic mass is 9.95. The van der Waals surface area contributed by atoms with Crippen molar-refractivity contribution >= 4 is 0 Å². The number of hydrogen-bond donors (Lipinski definition) is 2. The average molecular weight is 267 g/mol. The van der Waals surface area contributed by atoms with Gasteiger partial charge in [0.05, 0.1) is 12.1 Å². The quantitative estimate of drug-likeness (QED) is 0.796.